The predicted octanol–water partition coefficient (Wildman–Crippen LogP) is 2.88. The molecule has 0 spiro atoms. The van der Waals surface area contributed by atoms with Gasteiger partial charge in [-0.25, -0.2) is 13.1 Å². The maximum atomic E-state index is 12.6. The predicted molar refractivity (Wildman–Crippen MR) is 95.4 cm³/mol. The Bertz CT molecular complexity index is 660. The first-order valence-electron chi connectivity index (χ1n) is 8.64. The first kappa shape index (κ1) is 18.9. The van der Waals surface area contributed by atoms with Gasteiger partial charge in [0.2, 0.25) is 10.0 Å². The lowest BCUT2D eigenvalue weighted by Gasteiger charge is -2.35. The number of nitrogens with zero attached hydrogens (tertiary/aromatic N) is 1. The molecule has 1 heterocycles. The maximum absolute atomic E-state index is 12.6. The molecule has 3 unspecified atom stereocenters. The largest absolute Gasteiger partial charge is 0.338 e. The summed E-state index contributed by atoms with van der Waals surface area (Å²) in [7, 11) is -3.53. The third-order valence-electron chi connectivity index (χ3n) is 4.54. The molecule has 1 saturated heterocycles. The van der Waals surface area contributed by atoms with Crippen molar-refractivity contribution in [3.63, 3.8) is 0 Å². The summed E-state index contributed by atoms with van der Waals surface area (Å²) >= 11 is 0. The minimum atomic E-state index is -3.53. The number of hydrogen-bond donors (Lipinski definition) is 1. The molecule has 0 radical (unpaired) electrons. The van der Waals surface area contributed by atoms with Gasteiger partial charge in [0.15, 0.2) is 0 Å². The topological polar surface area (TPSA) is 66.5 Å². The second-order valence-electron chi connectivity index (χ2n) is 7.11. The number of nitrogens with one attached hydrogen (secondary N) is 1. The standard InChI is InChI=1S/C18H28N2O3S/c1-5-15(4)19-24(22,23)17-8-6-16(7-9-17)18(21)20-11-13(2)10-14(3)12-20/h6-9,13-15,19H,5,10-12H2,1-4H3. The highest BCUT2D eigenvalue weighted by Gasteiger charge is 2.26. The average Bonchev–Trinajstić information content (AvgIpc) is 2.53. The lowest BCUT2D eigenvalue weighted by Crippen LogP contribution is -2.42. The van der Waals surface area contributed by atoms with Crippen LogP contribution in [0.5, 0.6) is 0 Å². The first-order valence-corrected chi connectivity index (χ1v) is 10.1. The van der Waals surface area contributed by atoms with Crippen molar-refractivity contribution in [2.24, 2.45) is 11.8 Å². The molecule has 1 amide bonds. The van der Waals surface area contributed by atoms with E-state index in [1.807, 2.05) is 18.7 Å². The van der Waals surface area contributed by atoms with Crippen LogP contribution in [0.3, 0.4) is 0 Å². The summed E-state index contributed by atoms with van der Waals surface area (Å²) in [5.41, 5.74) is 0.541. The minimum Gasteiger partial charge on any atom is -0.338 e. The normalized spacial score (nSPS) is 23.1. The van der Waals surface area contributed by atoms with Crippen molar-refractivity contribution in [1.82, 2.24) is 9.62 Å². The van der Waals surface area contributed by atoms with Gasteiger partial charge in [-0.15, -0.1) is 0 Å². The number of sulfonamides is 1. The minimum absolute atomic E-state index is 0.0211. The van der Waals surface area contributed by atoms with Gasteiger partial charge < -0.3 is 4.90 Å². The van der Waals surface area contributed by atoms with E-state index < -0.39 is 10.0 Å². The van der Waals surface area contributed by atoms with Crippen LogP contribution in [0.4, 0.5) is 0 Å². The van der Waals surface area contributed by atoms with Gasteiger partial charge in [0.25, 0.3) is 5.91 Å². The van der Waals surface area contributed by atoms with Crippen molar-refractivity contribution in [1.29, 1.82) is 0 Å². The van der Waals surface area contributed by atoms with E-state index in [0.717, 1.165) is 25.9 Å². The fraction of sp³-hybridized carbons (Fsp3) is 0.611. The van der Waals surface area contributed by atoms with Crippen LogP contribution in [0.2, 0.25) is 0 Å². The van der Waals surface area contributed by atoms with Gasteiger partial charge in [0.05, 0.1) is 4.90 Å². The van der Waals surface area contributed by atoms with Crippen molar-refractivity contribution >= 4 is 15.9 Å². The molecule has 6 heteroatoms. The summed E-state index contributed by atoms with van der Waals surface area (Å²) < 4.78 is 27.2. The number of carbonyl (C=O) groups is 1. The molecular weight excluding hydrogens is 324 g/mol. The van der Waals surface area contributed by atoms with Gasteiger partial charge >= 0.3 is 0 Å². The zero-order valence-electron chi connectivity index (χ0n) is 15.0. The van der Waals surface area contributed by atoms with Gasteiger partial charge in [0.1, 0.15) is 0 Å². The van der Waals surface area contributed by atoms with E-state index in [4.69, 9.17) is 0 Å². The van der Waals surface area contributed by atoms with Crippen LogP contribution < -0.4 is 4.72 Å². The fourth-order valence-corrected chi connectivity index (χ4v) is 4.53. The number of rotatable bonds is 5. The van der Waals surface area contributed by atoms with Crippen LogP contribution >= 0.6 is 0 Å². The van der Waals surface area contributed by atoms with Crippen molar-refractivity contribution in [3.05, 3.63) is 29.8 Å². The Balaban J connectivity index is 2.13. The lowest BCUT2D eigenvalue weighted by molar-refractivity contribution is 0.0623. The number of benzene rings is 1. The van der Waals surface area contributed by atoms with Crippen LogP contribution in [0.25, 0.3) is 0 Å². The number of piperidine rings is 1. The number of carbonyl (C=O) groups excluding carboxylic acids is 1. The van der Waals surface area contributed by atoms with Gasteiger partial charge in [-0.3, -0.25) is 4.79 Å². The molecule has 3 atom stereocenters. The van der Waals surface area contributed by atoms with Crippen LogP contribution in [-0.2, 0) is 10.0 Å². The van der Waals surface area contributed by atoms with Crippen molar-refractivity contribution in [2.45, 2.75) is 51.5 Å². The molecule has 1 aromatic rings. The summed E-state index contributed by atoms with van der Waals surface area (Å²) in [6.45, 7) is 9.60. The molecule has 1 aromatic carbocycles. The zero-order chi connectivity index (χ0) is 17.9. The molecule has 1 N–H and O–H groups in total. The second kappa shape index (κ2) is 7.66. The summed E-state index contributed by atoms with van der Waals surface area (Å²) in [6, 6.07) is 6.12. The van der Waals surface area contributed by atoms with Crippen molar-refractivity contribution in [2.75, 3.05) is 13.1 Å². The van der Waals surface area contributed by atoms with E-state index >= 15 is 0 Å². The van der Waals surface area contributed by atoms with Crippen LogP contribution in [-0.4, -0.2) is 38.4 Å². The van der Waals surface area contributed by atoms with Gasteiger partial charge in [-0.1, -0.05) is 20.8 Å². The Kier molecular flexibility index (Phi) is 6.04. The highest BCUT2D eigenvalue weighted by atomic mass is 32.2. The molecule has 0 saturated carbocycles. The third-order valence-corrected chi connectivity index (χ3v) is 6.14. The highest BCUT2D eigenvalue weighted by Crippen LogP contribution is 2.23. The Hall–Kier alpha value is -1.40. The molecule has 2 rings (SSSR count). The Labute approximate surface area is 145 Å². The molecule has 0 aliphatic carbocycles. The van der Waals surface area contributed by atoms with Crippen molar-refractivity contribution in [3.8, 4) is 0 Å². The summed E-state index contributed by atoms with van der Waals surface area (Å²) in [4.78, 5) is 14.7. The van der Waals surface area contributed by atoms with E-state index in [9.17, 15) is 13.2 Å². The molecule has 1 fully saturated rings. The molecule has 0 bridgehead atoms. The second-order valence-corrected chi connectivity index (χ2v) is 8.83. The Morgan fingerprint density at radius 2 is 1.75 bits per heavy atom. The van der Waals surface area contributed by atoms with Gasteiger partial charge in [0, 0.05) is 24.7 Å². The molecule has 0 aromatic heterocycles. The Morgan fingerprint density at radius 1 is 1.21 bits per heavy atom. The van der Waals surface area contributed by atoms with Crippen LogP contribution in [0, 0.1) is 11.8 Å². The lowest BCUT2D eigenvalue weighted by atomic mass is 9.91. The number of hydrogen-bond acceptors (Lipinski definition) is 3. The summed E-state index contributed by atoms with van der Waals surface area (Å²) in [5, 5.41) is 0. The molecule has 1 aliphatic rings. The van der Waals surface area contributed by atoms with E-state index in [2.05, 4.69) is 18.6 Å². The SMILES string of the molecule is CCC(C)NS(=O)(=O)c1ccc(C(=O)N2CC(C)CC(C)C2)cc1. The summed E-state index contributed by atoms with van der Waals surface area (Å²) in [5.74, 6) is 0.974. The monoisotopic (exact) mass is 352 g/mol. The number of likely N-dealkylation sites (tertiary alicyclic amines) is 1. The van der Waals surface area contributed by atoms with Crippen molar-refractivity contribution < 1.29 is 13.2 Å². The average molecular weight is 353 g/mol. The van der Waals surface area contributed by atoms with E-state index in [0.29, 0.717) is 17.4 Å². The van der Waals surface area contributed by atoms with Gasteiger partial charge in [-0.2, -0.15) is 0 Å². The third kappa shape index (κ3) is 4.57. The first-order chi connectivity index (χ1) is 11.2. The zero-order valence-corrected chi connectivity index (χ0v) is 15.8. The smallest absolute Gasteiger partial charge is 0.253 e. The number of amides is 1. The molecule has 1 aliphatic heterocycles. The Morgan fingerprint density at radius 3 is 2.25 bits per heavy atom. The van der Waals surface area contributed by atoms with E-state index in [1.54, 1.807) is 12.1 Å². The van der Waals surface area contributed by atoms with Crippen LogP contribution in [0.15, 0.2) is 29.2 Å². The van der Waals surface area contributed by atoms with E-state index in [-0.39, 0.29) is 16.8 Å². The molecule has 24 heavy (non-hydrogen) atoms. The van der Waals surface area contributed by atoms with E-state index in [1.165, 1.54) is 12.1 Å². The molecule has 5 nitrogen and oxygen atoms in total. The maximum Gasteiger partial charge on any atom is 0.253 e. The van der Waals surface area contributed by atoms with Crippen LogP contribution in [0.1, 0.15) is 50.9 Å². The summed E-state index contributed by atoms with van der Waals surface area (Å²) in [6.07, 6.45) is 1.86. The fourth-order valence-electron chi connectivity index (χ4n) is 3.20. The van der Waals surface area contributed by atoms with Gasteiger partial charge in [-0.05, 0) is 55.9 Å². The quantitative estimate of drug-likeness (QED) is 0.886. The molecular formula is C18H28N2O3S. The highest BCUT2D eigenvalue weighted by molar-refractivity contribution is 7.89. The molecule has 134 valence electrons.